The van der Waals surface area contributed by atoms with Gasteiger partial charge in [0.2, 0.25) is 0 Å². The first kappa shape index (κ1) is 7.14. The summed E-state index contributed by atoms with van der Waals surface area (Å²) in [7, 11) is 1.72. The summed E-state index contributed by atoms with van der Waals surface area (Å²) in [6.07, 6.45) is 1.64. The number of aromatic nitrogens is 2. The fourth-order valence-electron chi connectivity index (χ4n) is 0.585. The molecule has 4 nitrogen and oxygen atoms in total. The van der Waals surface area contributed by atoms with Gasteiger partial charge in [0.1, 0.15) is 0 Å². The van der Waals surface area contributed by atoms with Crippen molar-refractivity contribution in [2.45, 2.75) is 4.90 Å². The largest absolute Gasteiger partial charge is 0.407 e. The van der Waals surface area contributed by atoms with Crippen molar-refractivity contribution in [3.8, 4) is 5.88 Å². The molecule has 1 rings (SSSR count). The van der Waals surface area contributed by atoms with Crippen molar-refractivity contribution in [2.24, 2.45) is 7.05 Å². The van der Waals surface area contributed by atoms with Gasteiger partial charge in [-0.1, -0.05) is 0 Å². The topological polar surface area (TPSA) is 44.1 Å². The summed E-state index contributed by atoms with van der Waals surface area (Å²) in [5, 5.41) is 3.79. The van der Waals surface area contributed by atoms with E-state index in [1.54, 1.807) is 13.2 Å². The minimum Gasteiger partial charge on any atom is -0.407 e. The Bertz CT molecular complexity index is 246. The number of carbonyl (C=O) groups is 1. The molecule has 0 fully saturated rings. The van der Waals surface area contributed by atoms with Gasteiger partial charge in [-0.2, -0.15) is 0 Å². The van der Waals surface area contributed by atoms with Crippen LogP contribution in [0, 0.1) is 0 Å². The van der Waals surface area contributed by atoms with Crippen LogP contribution in [0.4, 0.5) is 0 Å². The maximum Gasteiger partial charge on any atom is 0.299 e. The van der Waals surface area contributed by atoms with Gasteiger partial charge in [0.25, 0.3) is 12.4 Å². The van der Waals surface area contributed by atoms with E-state index in [0.29, 0.717) is 11.4 Å². The number of ether oxygens (including phenoxy) is 1. The van der Waals surface area contributed by atoms with E-state index in [2.05, 4.69) is 22.5 Å². The van der Waals surface area contributed by atoms with Crippen LogP contribution in [0.15, 0.2) is 11.1 Å². The van der Waals surface area contributed by atoms with Crippen molar-refractivity contribution in [1.29, 1.82) is 0 Å². The predicted octanol–water partition coefficient (Wildman–Crippen LogP) is 0.244. The lowest BCUT2D eigenvalue weighted by Crippen LogP contribution is -1.92. The highest BCUT2D eigenvalue weighted by Gasteiger charge is 2.02. The van der Waals surface area contributed by atoms with Gasteiger partial charge >= 0.3 is 0 Å². The first-order chi connectivity index (χ1) is 4.74. The number of carbonyl (C=O) groups excluding carboxylic acids is 1. The summed E-state index contributed by atoms with van der Waals surface area (Å²) in [4.78, 5) is 10.4. The van der Waals surface area contributed by atoms with Crippen LogP contribution in [0.5, 0.6) is 5.88 Å². The Labute approximate surface area is 63.2 Å². The van der Waals surface area contributed by atoms with Gasteiger partial charge in [0.05, 0.1) is 4.90 Å². The van der Waals surface area contributed by atoms with Gasteiger partial charge in [0.15, 0.2) is 0 Å². The van der Waals surface area contributed by atoms with Crippen LogP contribution >= 0.6 is 12.6 Å². The van der Waals surface area contributed by atoms with E-state index >= 15 is 0 Å². The molecule has 0 radical (unpaired) electrons. The molecule has 0 spiro atoms. The van der Waals surface area contributed by atoms with Crippen LogP contribution in [0.2, 0.25) is 0 Å². The Kier molecular flexibility index (Phi) is 1.96. The van der Waals surface area contributed by atoms with Crippen molar-refractivity contribution in [2.75, 3.05) is 0 Å². The van der Waals surface area contributed by atoms with Crippen molar-refractivity contribution in [3.63, 3.8) is 0 Å². The second-order valence-corrected chi connectivity index (χ2v) is 2.19. The third kappa shape index (κ3) is 1.30. The molecule has 0 aliphatic carbocycles. The van der Waals surface area contributed by atoms with Crippen LogP contribution in [-0.4, -0.2) is 16.3 Å². The zero-order valence-corrected chi connectivity index (χ0v) is 6.21. The second-order valence-electron chi connectivity index (χ2n) is 1.71. The number of nitrogens with zero attached hydrogens (tertiary/aromatic N) is 2. The van der Waals surface area contributed by atoms with E-state index in [1.165, 1.54) is 4.68 Å². The molecule has 0 aliphatic heterocycles. The SMILES string of the molecule is Cn1cc(S)c(OC=O)n1. The molecule has 0 amide bonds. The van der Waals surface area contributed by atoms with Crippen LogP contribution < -0.4 is 4.74 Å². The molecule has 0 bridgehead atoms. The molecular weight excluding hydrogens is 152 g/mol. The number of hydrogen-bond acceptors (Lipinski definition) is 4. The van der Waals surface area contributed by atoms with E-state index < -0.39 is 0 Å². The van der Waals surface area contributed by atoms with E-state index in [9.17, 15) is 4.79 Å². The highest BCUT2D eigenvalue weighted by Crippen LogP contribution is 2.17. The minimum absolute atomic E-state index is 0.237. The van der Waals surface area contributed by atoms with Gasteiger partial charge in [-0.05, 0) is 0 Å². The fourth-order valence-corrected chi connectivity index (χ4v) is 0.850. The summed E-state index contributed by atoms with van der Waals surface area (Å²) in [5.41, 5.74) is 0. The van der Waals surface area contributed by atoms with Crippen LogP contribution in [-0.2, 0) is 11.8 Å². The average Bonchev–Trinajstić information content (AvgIpc) is 2.13. The van der Waals surface area contributed by atoms with Gasteiger partial charge in [-0.15, -0.1) is 17.7 Å². The van der Waals surface area contributed by atoms with E-state index in [-0.39, 0.29) is 5.88 Å². The lowest BCUT2D eigenvalue weighted by Gasteiger charge is -1.88. The average molecular weight is 158 g/mol. The molecule has 10 heavy (non-hydrogen) atoms. The highest BCUT2D eigenvalue weighted by atomic mass is 32.1. The van der Waals surface area contributed by atoms with Crippen molar-refractivity contribution in [1.82, 2.24) is 9.78 Å². The minimum atomic E-state index is 0.237. The molecule has 1 heterocycles. The molecule has 54 valence electrons. The summed E-state index contributed by atoms with van der Waals surface area (Å²) in [6.45, 7) is 0.321. The van der Waals surface area contributed by atoms with Crippen molar-refractivity contribution in [3.05, 3.63) is 6.20 Å². The first-order valence-corrected chi connectivity index (χ1v) is 3.01. The Morgan fingerprint density at radius 3 is 3.00 bits per heavy atom. The van der Waals surface area contributed by atoms with Crippen LogP contribution in [0.25, 0.3) is 0 Å². The first-order valence-electron chi connectivity index (χ1n) is 2.57. The number of thiol groups is 1. The standard InChI is InChI=1S/C5H6N2O2S/c1-7-2-4(10)5(6-7)9-3-8/h2-3,10H,1H3. The van der Waals surface area contributed by atoms with E-state index in [4.69, 9.17) is 0 Å². The van der Waals surface area contributed by atoms with Crippen LogP contribution in [0.1, 0.15) is 0 Å². The Hall–Kier alpha value is -0.970. The lowest BCUT2D eigenvalue weighted by atomic mass is 10.7. The Morgan fingerprint density at radius 2 is 2.60 bits per heavy atom. The maximum atomic E-state index is 9.83. The summed E-state index contributed by atoms with van der Waals surface area (Å²) in [5.74, 6) is 0.237. The van der Waals surface area contributed by atoms with Gasteiger partial charge < -0.3 is 4.74 Å². The van der Waals surface area contributed by atoms with Crippen molar-refractivity contribution >= 4 is 19.1 Å². The molecule has 0 aromatic carbocycles. The predicted molar refractivity (Wildman–Crippen MR) is 37.2 cm³/mol. The summed E-state index contributed by atoms with van der Waals surface area (Å²) in [6, 6.07) is 0. The smallest absolute Gasteiger partial charge is 0.299 e. The summed E-state index contributed by atoms with van der Waals surface area (Å²) >= 11 is 3.99. The van der Waals surface area contributed by atoms with E-state index in [1.807, 2.05) is 0 Å². The number of hydrogen-bond donors (Lipinski definition) is 1. The molecule has 0 unspecified atom stereocenters. The monoisotopic (exact) mass is 158 g/mol. The molecule has 0 aliphatic rings. The maximum absolute atomic E-state index is 9.83. The molecule has 0 saturated heterocycles. The molecule has 0 saturated carbocycles. The number of rotatable bonds is 2. The third-order valence-electron chi connectivity index (χ3n) is 0.937. The second kappa shape index (κ2) is 2.74. The summed E-state index contributed by atoms with van der Waals surface area (Å²) < 4.78 is 5.98. The molecule has 0 atom stereocenters. The fraction of sp³-hybridized carbons (Fsp3) is 0.200. The molecule has 0 N–H and O–H groups in total. The zero-order chi connectivity index (χ0) is 7.56. The Morgan fingerprint density at radius 1 is 1.90 bits per heavy atom. The zero-order valence-electron chi connectivity index (χ0n) is 5.31. The Balaban J connectivity index is 2.91. The highest BCUT2D eigenvalue weighted by molar-refractivity contribution is 7.80. The number of aryl methyl sites for hydroxylation is 1. The normalized spacial score (nSPS) is 9.40. The molecular formula is C5H6N2O2S. The van der Waals surface area contributed by atoms with E-state index in [0.717, 1.165) is 0 Å². The van der Waals surface area contributed by atoms with Crippen molar-refractivity contribution < 1.29 is 9.53 Å². The van der Waals surface area contributed by atoms with Gasteiger partial charge in [-0.3, -0.25) is 9.48 Å². The quantitative estimate of drug-likeness (QED) is 0.495. The van der Waals surface area contributed by atoms with Gasteiger partial charge in [-0.25, -0.2) is 0 Å². The molecule has 1 aromatic rings. The van der Waals surface area contributed by atoms with Crippen LogP contribution in [0.3, 0.4) is 0 Å². The molecule has 1 aromatic heterocycles. The van der Waals surface area contributed by atoms with Gasteiger partial charge in [0, 0.05) is 13.2 Å². The lowest BCUT2D eigenvalue weighted by molar-refractivity contribution is -0.121. The third-order valence-corrected chi connectivity index (χ3v) is 1.24. The molecule has 5 heteroatoms.